The van der Waals surface area contributed by atoms with Crippen LogP contribution in [0.25, 0.3) is 0 Å². The van der Waals surface area contributed by atoms with Crippen molar-refractivity contribution < 1.29 is 24.6 Å². The third-order valence-electron chi connectivity index (χ3n) is 0. The average molecular weight is 231 g/mol. The second kappa shape index (κ2) is 48.0. The molecule has 0 spiro atoms. The second-order valence-electron chi connectivity index (χ2n) is 0.224. The normalized spacial score (nSPS) is 2.67. The Kier molecular flexibility index (Phi) is 382. The number of hydrogen-bond acceptors (Lipinski definition) is 7. The summed E-state index contributed by atoms with van der Waals surface area (Å²) < 4.78 is 0. The Hall–Kier alpha value is -0.337. The van der Waals surface area contributed by atoms with Gasteiger partial charge in [0, 0.05) is 19.5 Å². The first-order valence-electron chi connectivity index (χ1n) is 0.548. The van der Waals surface area contributed by atoms with Crippen LogP contribution in [0.5, 0.6) is 0 Å². The van der Waals surface area contributed by atoms with Gasteiger partial charge in [0.15, 0.2) is 0 Å². The van der Waals surface area contributed by atoms with E-state index >= 15 is 0 Å². The fourth-order valence-electron chi connectivity index (χ4n) is 0. The minimum absolute atomic E-state index is 0. The molecule has 0 bridgehead atoms. The molecule has 0 heterocycles. The van der Waals surface area contributed by atoms with Crippen LogP contribution < -0.4 is 24.6 Å². The third-order valence-corrected chi connectivity index (χ3v) is 0. The summed E-state index contributed by atoms with van der Waals surface area (Å²) in [6.07, 6.45) is 0. The van der Waals surface area contributed by atoms with Crippen LogP contribution in [0, 0.1) is 15.3 Å². The number of nitrogens with zero attached hydrogens (tertiary/aromatic N) is 1. The van der Waals surface area contributed by atoms with E-state index in [1.807, 2.05) is 0 Å². The number of hydrogen-bond donors (Lipinski definition) is 4. The van der Waals surface area contributed by atoms with Crippen molar-refractivity contribution in [3.05, 3.63) is 15.3 Å². The van der Waals surface area contributed by atoms with E-state index in [1.54, 1.807) is 0 Å². The monoisotopic (exact) mass is 232 g/mol. The Morgan fingerprint density at radius 3 is 0.889 bits per heavy atom. The zero-order valence-corrected chi connectivity index (χ0v) is 6.59. The largest absolute Gasteiger partial charge is 0.356 e. The second-order valence-corrected chi connectivity index (χ2v) is 0.224. The molecule has 0 amide bonds. The summed E-state index contributed by atoms with van der Waals surface area (Å²) in [5, 5.41) is 14.8. The molecule has 0 unspecified atom stereocenters. The van der Waals surface area contributed by atoms with E-state index in [2.05, 4.69) is 0 Å². The van der Waals surface area contributed by atoms with Gasteiger partial charge >= 0.3 is 0 Å². The molecule has 64 valence electrons. The van der Waals surface area contributed by atoms with Crippen LogP contribution in [-0.2, 0) is 19.5 Å². The molecule has 0 aliphatic rings. The van der Waals surface area contributed by atoms with Crippen LogP contribution in [0.1, 0.15) is 0 Å². The first-order valence-corrected chi connectivity index (χ1v) is 0.548. The molecule has 0 aromatic carbocycles. The van der Waals surface area contributed by atoms with Gasteiger partial charge in [-0.15, -0.1) is 0 Å². The molecule has 0 fully saturated rings. The maximum absolute atomic E-state index is 8.25. The van der Waals surface area contributed by atoms with Crippen molar-refractivity contribution in [1.82, 2.24) is 24.6 Å². The van der Waals surface area contributed by atoms with Crippen molar-refractivity contribution in [2.45, 2.75) is 0 Å². The minimum Gasteiger partial charge on any atom is -0.356 e. The zero-order valence-electron chi connectivity index (χ0n) is 4.85. The third kappa shape index (κ3) is 2170. The predicted octanol–water partition coefficient (Wildman–Crippen LogP) is 0.406. The zero-order chi connectivity index (χ0) is 3.58. The van der Waals surface area contributed by atoms with Crippen molar-refractivity contribution in [2.24, 2.45) is 0 Å². The molecule has 0 rings (SSSR count). The molecule has 0 aromatic heterocycles. The molecule has 8 nitrogen and oxygen atoms in total. The van der Waals surface area contributed by atoms with Crippen LogP contribution in [0.4, 0.5) is 0 Å². The standard InChI is InChI=1S/NO3.4H3N.Ru/c2-1(3)4;;;;;/h;4*1H3;/q-1;;;;;. The van der Waals surface area contributed by atoms with Crippen LogP contribution in [0.15, 0.2) is 0 Å². The van der Waals surface area contributed by atoms with E-state index < -0.39 is 5.09 Å². The van der Waals surface area contributed by atoms with Crippen LogP contribution in [0.3, 0.4) is 0 Å². The van der Waals surface area contributed by atoms with E-state index in [9.17, 15) is 0 Å². The van der Waals surface area contributed by atoms with E-state index in [-0.39, 0.29) is 44.1 Å². The summed E-state index contributed by atoms with van der Waals surface area (Å²) in [5.41, 5.74) is 0. The fourth-order valence-corrected chi connectivity index (χ4v) is 0. The summed E-state index contributed by atoms with van der Waals surface area (Å²) in [5.74, 6) is 0. The topological polar surface area (TPSA) is 206 Å². The maximum atomic E-state index is 8.25. The Morgan fingerprint density at radius 2 is 0.889 bits per heavy atom. The molecule has 0 aliphatic heterocycles. The molecule has 0 aromatic rings. The first kappa shape index (κ1) is 71.7. The van der Waals surface area contributed by atoms with Crippen molar-refractivity contribution in [2.75, 3.05) is 0 Å². The van der Waals surface area contributed by atoms with Gasteiger partial charge in [0.25, 0.3) is 0 Å². The Labute approximate surface area is 65.2 Å². The van der Waals surface area contributed by atoms with Gasteiger partial charge in [0.05, 0.1) is 5.09 Å². The Morgan fingerprint density at radius 1 is 0.889 bits per heavy atom. The molecule has 0 radical (unpaired) electrons. The van der Waals surface area contributed by atoms with Gasteiger partial charge in [-0.1, -0.05) is 0 Å². The Bertz CT molecular complexity index is 35.2. The SMILES string of the molecule is N.N.N.N.O=[N+]([O-])[O-].[Ru]. The van der Waals surface area contributed by atoms with Crippen molar-refractivity contribution in [3.63, 3.8) is 0 Å². The number of rotatable bonds is 0. The summed E-state index contributed by atoms with van der Waals surface area (Å²) in [6.45, 7) is 0. The van der Waals surface area contributed by atoms with Crippen molar-refractivity contribution >= 4 is 0 Å². The molecule has 0 saturated heterocycles. The molecular weight excluding hydrogens is 219 g/mol. The van der Waals surface area contributed by atoms with Gasteiger partial charge < -0.3 is 39.9 Å². The van der Waals surface area contributed by atoms with E-state index in [1.165, 1.54) is 0 Å². The molecule has 0 atom stereocenters. The average Bonchev–Trinajstić information content (AvgIpc) is 0.811. The quantitative estimate of drug-likeness (QED) is 0.261. The molecule has 12 N–H and O–H groups in total. The minimum atomic E-state index is -1.75. The van der Waals surface area contributed by atoms with E-state index in [0.717, 1.165) is 0 Å². The van der Waals surface area contributed by atoms with Crippen LogP contribution in [-0.4, -0.2) is 5.09 Å². The van der Waals surface area contributed by atoms with Gasteiger partial charge in [-0.25, -0.2) is 0 Å². The first-order chi connectivity index (χ1) is 1.73. The summed E-state index contributed by atoms with van der Waals surface area (Å²) in [4.78, 5) is 8.25. The summed E-state index contributed by atoms with van der Waals surface area (Å²) in [7, 11) is 0. The summed E-state index contributed by atoms with van der Waals surface area (Å²) >= 11 is 0. The van der Waals surface area contributed by atoms with E-state index in [4.69, 9.17) is 15.3 Å². The van der Waals surface area contributed by atoms with Gasteiger partial charge in [-0.3, -0.25) is 0 Å². The van der Waals surface area contributed by atoms with Gasteiger partial charge in [0.1, 0.15) is 0 Å². The van der Waals surface area contributed by atoms with Crippen LogP contribution in [0.2, 0.25) is 0 Å². The molecule has 0 saturated carbocycles. The molecular formula is H12N5O3Ru-. The Balaban J connectivity index is -0.00000000450. The van der Waals surface area contributed by atoms with Gasteiger partial charge in [0.2, 0.25) is 0 Å². The molecule has 9 heavy (non-hydrogen) atoms. The van der Waals surface area contributed by atoms with Crippen LogP contribution >= 0.6 is 0 Å². The smallest absolute Gasteiger partial charge is 0.0689 e. The van der Waals surface area contributed by atoms with Crippen molar-refractivity contribution in [1.29, 1.82) is 0 Å². The molecule has 9 heteroatoms. The van der Waals surface area contributed by atoms with E-state index in [0.29, 0.717) is 0 Å². The fraction of sp³-hybridized carbons (Fsp3) is 0. The summed E-state index contributed by atoms with van der Waals surface area (Å²) in [6, 6.07) is 0. The molecule has 0 aliphatic carbocycles. The predicted molar refractivity (Wildman–Crippen MR) is 30.4 cm³/mol. The maximum Gasteiger partial charge on any atom is 0.0689 e. The van der Waals surface area contributed by atoms with Crippen molar-refractivity contribution in [3.8, 4) is 0 Å². The van der Waals surface area contributed by atoms with Gasteiger partial charge in [-0.05, 0) is 0 Å². The van der Waals surface area contributed by atoms with Gasteiger partial charge in [-0.2, -0.15) is 0 Å².